The van der Waals surface area contributed by atoms with Crippen molar-refractivity contribution < 1.29 is 0 Å². The second-order valence-corrected chi connectivity index (χ2v) is 5.47. The molecule has 88 valence electrons. The van der Waals surface area contributed by atoms with Crippen LogP contribution in [0.5, 0.6) is 0 Å². The summed E-state index contributed by atoms with van der Waals surface area (Å²) < 4.78 is 1.15. The zero-order valence-corrected chi connectivity index (χ0v) is 11.9. The third kappa shape index (κ3) is 3.44. The van der Waals surface area contributed by atoms with E-state index in [1.807, 2.05) is 0 Å². The fourth-order valence-corrected chi connectivity index (χ4v) is 2.26. The van der Waals surface area contributed by atoms with Crippen molar-refractivity contribution >= 4 is 15.9 Å². The fraction of sp³-hybridized carbons (Fsp3) is 0.250. The van der Waals surface area contributed by atoms with Gasteiger partial charge in [-0.1, -0.05) is 51.8 Å². The normalized spacial score (nSPS) is 10.5. The van der Waals surface area contributed by atoms with Crippen molar-refractivity contribution in [2.24, 2.45) is 0 Å². The maximum absolute atomic E-state index is 3.46. The Morgan fingerprint density at radius 3 is 2.29 bits per heavy atom. The summed E-state index contributed by atoms with van der Waals surface area (Å²) in [7, 11) is 0. The van der Waals surface area contributed by atoms with Crippen LogP contribution >= 0.6 is 15.9 Å². The number of hydrogen-bond donors (Lipinski definition) is 0. The molecule has 0 atom stereocenters. The predicted octanol–water partition coefficient (Wildman–Crippen LogP) is 4.85. The van der Waals surface area contributed by atoms with Gasteiger partial charge in [0.15, 0.2) is 0 Å². The summed E-state index contributed by atoms with van der Waals surface area (Å²) in [6, 6.07) is 15.3. The van der Waals surface area contributed by atoms with Crippen LogP contribution in [0.2, 0.25) is 0 Å². The maximum atomic E-state index is 3.46. The first-order valence-corrected chi connectivity index (χ1v) is 6.75. The third-order valence-electron chi connectivity index (χ3n) is 3.10. The summed E-state index contributed by atoms with van der Waals surface area (Å²) >= 11 is 3.46. The van der Waals surface area contributed by atoms with Crippen LogP contribution in [0.3, 0.4) is 0 Å². The van der Waals surface area contributed by atoms with Gasteiger partial charge in [0.25, 0.3) is 0 Å². The molecule has 2 aromatic carbocycles. The average Bonchev–Trinajstić information content (AvgIpc) is 2.32. The molecule has 0 saturated carbocycles. The van der Waals surface area contributed by atoms with Crippen molar-refractivity contribution in [1.82, 2.24) is 0 Å². The zero-order valence-electron chi connectivity index (χ0n) is 10.3. The predicted molar refractivity (Wildman–Crippen MR) is 77.5 cm³/mol. The van der Waals surface area contributed by atoms with Crippen molar-refractivity contribution in [3.8, 4) is 0 Å². The topological polar surface area (TPSA) is 0 Å². The molecule has 0 N–H and O–H groups in total. The molecule has 0 aliphatic heterocycles. The number of aryl methyl sites for hydroxylation is 4. The van der Waals surface area contributed by atoms with Crippen LogP contribution in [0, 0.1) is 13.8 Å². The molecular formula is C16H17Br. The Morgan fingerprint density at radius 2 is 1.59 bits per heavy atom. The van der Waals surface area contributed by atoms with E-state index >= 15 is 0 Å². The summed E-state index contributed by atoms with van der Waals surface area (Å²) in [6.07, 6.45) is 2.23. The number of hydrogen-bond acceptors (Lipinski definition) is 0. The first kappa shape index (κ1) is 12.4. The van der Waals surface area contributed by atoms with Crippen LogP contribution in [0.1, 0.15) is 22.3 Å². The highest BCUT2D eigenvalue weighted by Crippen LogP contribution is 2.15. The van der Waals surface area contributed by atoms with E-state index < -0.39 is 0 Å². The van der Waals surface area contributed by atoms with Crippen LogP contribution < -0.4 is 0 Å². The summed E-state index contributed by atoms with van der Waals surface area (Å²) in [4.78, 5) is 0. The Hall–Kier alpha value is -1.08. The van der Waals surface area contributed by atoms with Crippen LogP contribution in [0.25, 0.3) is 0 Å². The summed E-state index contributed by atoms with van der Waals surface area (Å²) in [5.74, 6) is 0. The first-order chi connectivity index (χ1) is 8.15. The Bertz CT molecular complexity index is 497. The van der Waals surface area contributed by atoms with Gasteiger partial charge in [-0.25, -0.2) is 0 Å². The smallest absolute Gasteiger partial charge is 0.0175 e. The van der Waals surface area contributed by atoms with Crippen molar-refractivity contribution in [1.29, 1.82) is 0 Å². The van der Waals surface area contributed by atoms with Crippen molar-refractivity contribution in [3.05, 3.63) is 69.2 Å². The molecule has 0 bridgehead atoms. The van der Waals surface area contributed by atoms with Crippen LogP contribution in [0.15, 0.2) is 46.9 Å². The van der Waals surface area contributed by atoms with Gasteiger partial charge in [-0.15, -0.1) is 0 Å². The second-order valence-electron chi connectivity index (χ2n) is 4.56. The minimum atomic E-state index is 1.11. The minimum absolute atomic E-state index is 1.11. The molecule has 0 radical (unpaired) electrons. The zero-order chi connectivity index (χ0) is 12.3. The molecule has 0 fully saturated rings. The largest absolute Gasteiger partial charge is 0.0590 e. The van der Waals surface area contributed by atoms with Crippen molar-refractivity contribution in [2.45, 2.75) is 26.7 Å². The number of benzene rings is 2. The quantitative estimate of drug-likeness (QED) is 0.757. The van der Waals surface area contributed by atoms with Crippen molar-refractivity contribution in [2.75, 3.05) is 0 Å². The lowest BCUT2D eigenvalue weighted by Gasteiger charge is -2.07. The Morgan fingerprint density at radius 1 is 0.882 bits per heavy atom. The molecule has 17 heavy (non-hydrogen) atoms. The van der Waals surface area contributed by atoms with Gasteiger partial charge in [0.2, 0.25) is 0 Å². The lowest BCUT2D eigenvalue weighted by molar-refractivity contribution is 0.946. The van der Waals surface area contributed by atoms with Crippen LogP contribution in [-0.4, -0.2) is 0 Å². The van der Waals surface area contributed by atoms with E-state index in [0.29, 0.717) is 0 Å². The van der Waals surface area contributed by atoms with Gasteiger partial charge >= 0.3 is 0 Å². The molecule has 0 unspecified atom stereocenters. The van der Waals surface area contributed by atoms with E-state index in [2.05, 4.69) is 72.2 Å². The highest BCUT2D eigenvalue weighted by molar-refractivity contribution is 9.10. The highest BCUT2D eigenvalue weighted by atomic mass is 79.9. The lowest BCUT2D eigenvalue weighted by Crippen LogP contribution is -1.94. The average molecular weight is 289 g/mol. The molecule has 0 aliphatic carbocycles. The van der Waals surface area contributed by atoms with E-state index in [4.69, 9.17) is 0 Å². The summed E-state index contributed by atoms with van der Waals surface area (Å²) in [5.41, 5.74) is 5.61. The van der Waals surface area contributed by atoms with Gasteiger partial charge in [-0.2, -0.15) is 0 Å². The second kappa shape index (κ2) is 5.50. The summed E-state index contributed by atoms with van der Waals surface area (Å²) in [5, 5.41) is 0. The fourth-order valence-electron chi connectivity index (χ4n) is 2.00. The molecule has 0 nitrogen and oxygen atoms in total. The molecule has 0 aromatic heterocycles. The van der Waals surface area contributed by atoms with Gasteiger partial charge in [0.1, 0.15) is 0 Å². The molecule has 0 saturated heterocycles. The van der Waals surface area contributed by atoms with Crippen LogP contribution in [0.4, 0.5) is 0 Å². The monoisotopic (exact) mass is 288 g/mol. The van der Waals surface area contributed by atoms with E-state index in [1.54, 1.807) is 0 Å². The van der Waals surface area contributed by atoms with Gasteiger partial charge < -0.3 is 0 Å². The van der Waals surface area contributed by atoms with Gasteiger partial charge in [-0.05, 0) is 55.5 Å². The third-order valence-corrected chi connectivity index (χ3v) is 3.63. The molecule has 0 spiro atoms. The van der Waals surface area contributed by atoms with Crippen molar-refractivity contribution in [3.63, 3.8) is 0 Å². The van der Waals surface area contributed by atoms with Gasteiger partial charge in [0.05, 0.1) is 0 Å². The maximum Gasteiger partial charge on any atom is 0.0175 e. The Kier molecular flexibility index (Phi) is 4.01. The molecule has 2 rings (SSSR count). The standard InChI is InChI=1S/C16H17Br/c1-12-3-4-13(2)15(11-12)8-5-14-6-9-16(17)10-7-14/h3-4,6-7,9-11H,5,8H2,1-2H3. The Labute approximate surface area is 112 Å². The lowest BCUT2D eigenvalue weighted by atomic mass is 9.99. The summed E-state index contributed by atoms with van der Waals surface area (Å²) in [6.45, 7) is 4.35. The molecule has 2 aromatic rings. The molecule has 0 aliphatic rings. The molecule has 1 heteroatoms. The van der Waals surface area contributed by atoms with E-state index in [-0.39, 0.29) is 0 Å². The highest BCUT2D eigenvalue weighted by Gasteiger charge is 2.00. The van der Waals surface area contributed by atoms with Gasteiger partial charge in [0, 0.05) is 4.47 Å². The molecular weight excluding hydrogens is 272 g/mol. The molecule has 0 amide bonds. The SMILES string of the molecule is Cc1ccc(C)c(CCc2ccc(Br)cc2)c1. The van der Waals surface area contributed by atoms with E-state index in [9.17, 15) is 0 Å². The van der Waals surface area contributed by atoms with Gasteiger partial charge in [-0.3, -0.25) is 0 Å². The Balaban J connectivity index is 2.07. The number of halogens is 1. The number of rotatable bonds is 3. The minimum Gasteiger partial charge on any atom is -0.0590 e. The molecule has 0 heterocycles. The van der Waals surface area contributed by atoms with E-state index in [0.717, 1.165) is 17.3 Å². The van der Waals surface area contributed by atoms with Crippen LogP contribution in [-0.2, 0) is 12.8 Å². The first-order valence-electron chi connectivity index (χ1n) is 5.96. The van der Waals surface area contributed by atoms with E-state index in [1.165, 1.54) is 22.3 Å².